The van der Waals surface area contributed by atoms with Crippen LogP contribution in [0.15, 0.2) is 6.07 Å². The van der Waals surface area contributed by atoms with Crippen LogP contribution in [0.1, 0.15) is 31.0 Å². The molecule has 3 rings (SSSR count). The highest BCUT2D eigenvalue weighted by molar-refractivity contribution is 6.29. The van der Waals surface area contributed by atoms with Crippen LogP contribution < -0.4 is 4.74 Å². The number of hydrogen-bond donors (Lipinski definition) is 0. The van der Waals surface area contributed by atoms with E-state index in [1.54, 1.807) is 13.2 Å². The summed E-state index contributed by atoms with van der Waals surface area (Å²) in [4.78, 5) is 4.52. The van der Waals surface area contributed by atoms with Crippen LogP contribution in [0, 0.1) is 0 Å². The molecule has 0 amide bonds. The third-order valence-electron chi connectivity index (χ3n) is 4.38. The van der Waals surface area contributed by atoms with Crippen molar-refractivity contribution < 1.29 is 18.9 Å². The van der Waals surface area contributed by atoms with Gasteiger partial charge in [-0.1, -0.05) is 11.6 Å². The zero-order valence-corrected chi connectivity index (χ0v) is 13.8. The number of hydrogen-bond acceptors (Lipinski definition) is 5. The molecule has 2 aliphatic rings. The molecular weight excluding hydrogens is 306 g/mol. The lowest BCUT2D eigenvalue weighted by Crippen LogP contribution is -2.37. The average molecular weight is 328 g/mol. The SMILES string of the molecule is CO[C@H](C)CCOc1cc(Cl)nc2c1CCOC21CCOC1. The highest BCUT2D eigenvalue weighted by atomic mass is 35.5. The predicted octanol–water partition coefficient (Wildman–Crippen LogP) is 2.73. The van der Waals surface area contributed by atoms with Gasteiger partial charge in [-0.3, -0.25) is 0 Å². The number of ether oxygens (including phenoxy) is 4. The van der Waals surface area contributed by atoms with E-state index in [0.717, 1.165) is 36.3 Å². The number of methoxy groups -OCH3 is 1. The van der Waals surface area contributed by atoms with E-state index in [1.807, 2.05) is 6.92 Å². The first-order valence-electron chi connectivity index (χ1n) is 7.72. The lowest BCUT2D eigenvalue weighted by molar-refractivity contribution is -0.0670. The third kappa shape index (κ3) is 3.08. The minimum atomic E-state index is -0.448. The van der Waals surface area contributed by atoms with Crippen LogP contribution >= 0.6 is 11.6 Å². The Morgan fingerprint density at radius 1 is 1.45 bits per heavy atom. The van der Waals surface area contributed by atoms with Gasteiger partial charge in [0.2, 0.25) is 0 Å². The van der Waals surface area contributed by atoms with E-state index in [2.05, 4.69) is 4.98 Å². The number of aromatic nitrogens is 1. The van der Waals surface area contributed by atoms with Crippen molar-refractivity contribution in [3.05, 3.63) is 22.5 Å². The highest BCUT2D eigenvalue weighted by Gasteiger charge is 2.44. The first kappa shape index (κ1) is 16.0. The second-order valence-corrected chi connectivity index (χ2v) is 6.24. The Kier molecular flexibility index (Phi) is 4.88. The van der Waals surface area contributed by atoms with Crippen molar-refractivity contribution >= 4 is 11.6 Å². The smallest absolute Gasteiger partial charge is 0.136 e. The van der Waals surface area contributed by atoms with Gasteiger partial charge < -0.3 is 18.9 Å². The molecule has 0 aromatic carbocycles. The summed E-state index contributed by atoms with van der Waals surface area (Å²) in [5, 5.41) is 0.435. The molecule has 0 bridgehead atoms. The van der Waals surface area contributed by atoms with E-state index in [0.29, 0.717) is 31.6 Å². The first-order valence-corrected chi connectivity index (χ1v) is 8.09. The molecule has 22 heavy (non-hydrogen) atoms. The first-order chi connectivity index (χ1) is 10.6. The fourth-order valence-electron chi connectivity index (χ4n) is 2.98. The van der Waals surface area contributed by atoms with Crippen molar-refractivity contribution in [1.82, 2.24) is 4.98 Å². The maximum Gasteiger partial charge on any atom is 0.136 e. The summed E-state index contributed by atoms with van der Waals surface area (Å²) in [6.45, 7) is 4.50. The van der Waals surface area contributed by atoms with Gasteiger partial charge in [-0.05, 0) is 6.92 Å². The lowest BCUT2D eigenvalue weighted by Gasteiger charge is -2.34. The second-order valence-electron chi connectivity index (χ2n) is 5.85. The molecule has 1 saturated heterocycles. The van der Waals surface area contributed by atoms with Gasteiger partial charge in [-0.15, -0.1) is 0 Å². The van der Waals surface area contributed by atoms with E-state index in [1.165, 1.54) is 0 Å². The fraction of sp³-hybridized carbons (Fsp3) is 0.688. The van der Waals surface area contributed by atoms with Gasteiger partial charge in [0.25, 0.3) is 0 Å². The maximum absolute atomic E-state index is 6.20. The van der Waals surface area contributed by atoms with Gasteiger partial charge in [-0.25, -0.2) is 4.98 Å². The number of nitrogens with zero attached hydrogens (tertiary/aromatic N) is 1. The second kappa shape index (κ2) is 6.71. The molecule has 1 aromatic rings. The lowest BCUT2D eigenvalue weighted by atomic mass is 9.90. The molecule has 0 saturated carbocycles. The van der Waals surface area contributed by atoms with Crippen molar-refractivity contribution in [1.29, 1.82) is 0 Å². The summed E-state index contributed by atoms with van der Waals surface area (Å²) in [7, 11) is 1.71. The van der Waals surface area contributed by atoms with Gasteiger partial charge >= 0.3 is 0 Å². The summed E-state index contributed by atoms with van der Waals surface area (Å²) < 4.78 is 22.7. The van der Waals surface area contributed by atoms with Crippen LogP contribution in [0.25, 0.3) is 0 Å². The Labute approximate surface area is 135 Å². The van der Waals surface area contributed by atoms with Crippen LogP contribution in [-0.2, 0) is 26.2 Å². The van der Waals surface area contributed by atoms with E-state index in [-0.39, 0.29) is 6.10 Å². The Hall–Kier alpha value is -0.880. The molecule has 1 fully saturated rings. The van der Waals surface area contributed by atoms with Crippen molar-refractivity contribution in [2.24, 2.45) is 0 Å². The number of fused-ring (bicyclic) bond motifs is 2. The molecule has 6 heteroatoms. The predicted molar refractivity (Wildman–Crippen MR) is 82.6 cm³/mol. The minimum absolute atomic E-state index is 0.172. The van der Waals surface area contributed by atoms with E-state index in [9.17, 15) is 0 Å². The Bertz CT molecular complexity index is 531. The Morgan fingerprint density at radius 3 is 3.05 bits per heavy atom. The summed E-state index contributed by atoms with van der Waals surface area (Å²) in [6, 6.07) is 1.80. The van der Waals surface area contributed by atoms with Gasteiger partial charge in [0.05, 0.1) is 31.6 Å². The molecule has 1 unspecified atom stereocenters. The number of pyridine rings is 1. The molecule has 0 aliphatic carbocycles. The number of rotatable bonds is 5. The summed E-state index contributed by atoms with van der Waals surface area (Å²) in [5.74, 6) is 0.813. The molecule has 0 N–H and O–H groups in total. The maximum atomic E-state index is 6.20. The van der Waals surface area contributed by atoms with E-state index in [4.69, 9.17) is 30.5 Å². The van der Waals surface area contributed by atoms with Crippen LogP contribution in [0.2, 0.25) is 5.15 Å². The Morgan fingerprint density at radius 2 is 2.32 bits per heavy atom. The molecule has 1 aromatic heterocycles. The summed E-state index contributed by atoms with van der Waals surface area (Å²) >= 11 is 6.20. The molecule has 5 nitrogen and oxygen atoms in total. The van der Waals surface area contributed by atoms with Crippen LogP contribution in [-0.4, -0.2) is 44.6 Å². The van der Waals surface area contributed by atoms with E-state index >= 15 is 0 Å². The molecule has 122 valence electrons. The third-order valence-corrected chi connectivity index (χ3v) is 4.58. The fourth-order valence-corrected chi connectivity index (χ4v) is 3.17. The molecule has 1 spiro atoms. The topological polar surface area (TPSA) is 49.8 Å². The average Bonchev–Trinajstić information content (AvgIpc) is 2.97. The van der Waals surface area contributed by atoms with Gasteiger partial charge in [0.15, 0.2) is 0 Å². The summed E-state index contributed by atoms with van der Waals surface area (Å²) in [6.07, 6.45) is 2.60. The molecule has 2 aliphatic heterocycles. The van der Waals surface area contributed by atoms with Crippen LogP contribution in [0.5, 0.6) is 5.75 Å². The van der Waals surface area contributed by atoms with Crippen molar-refractivity contribution in [2.45, 2.75) is 37.9 Å². The zero-order chi connectivity index (χ0) is 15.6. The van der Waals surface area contributed by atoms with Crippen LogP contribution in [0.3, 0.4) is 0 Å². The van der Waals surface area contributed by atoms with Crippen LogP contribution in [0.4, 0.5) is 0 Å². The van der Waals surface area contributed by atoms with Crippen molar-refractivity contribution in [3.63, 3.8) is 0 Å². The highest BCUT2D eigenvalue weighted by Crippen LogP contribution is 2.42. The van der Waals surface area contributed by atoms with Gasteiger partial charge in [-0.2, -0.15) is 0 Å². The molecular formula is C16H22ClNO4. The standard InChI is InChI=1S/C16H22ClNO4/c1-11(19-2)3-6-21-13-9-14(17)18-15-12(13)4-7-22-16(15)5-8-20-10-16/h9,11H,3-8,10H2,1-2H3/t11-,16?/m1/s1. The van der Waals surface area contributed by atoms with Crippen molar-refractivity contribution in [3.8, 4) is 5.75 Å². The van der Waals surface area contributed by atoms with E-state index < -0.39 is 5.60 Å². The molecule has 3 heterocycles. The minimum Gasteiger partial charge on any atom is -0.493 e. The quantitative estimate of drug-likeness (QED) is 0.778. The normalized spacial score (nSPS) is 25.2. The molecule has 0 radical (unpaired) electrons. The summed E-state index contributed by atoms with van der Waals surface area (Å²) in [5.41, 5.74) is 1.54. The molecule has 2 atom stereocenters. The largest absolute Gasteiger partial charge is 0.493 e. The Balaban J connectivity index is 1.84. The monoisotopic (exact) mass is 327 g/mol. The van der Waals surface area contributed by atoms with Crippen molar-refractivity contribution in [2.75, 3.05) is 33.5 Å². The zero-order valence-electron chi connectivity index (χ0n) is 13.1. The van der Waals surface area contributed by atoms with Gasteiger partial charge in [0.1, 0.15) is 16.5 Å². The van der Waals surface area contributed by atoms with Gasteiger partial charge in [0, 0.05) is 44.6 Å². The number of halogens is 1.